The van der Waals surface area contributed by atoms with Crippen molar-refractivity contribution in [3.63, 3.8) is 0 Å². The highest BCUT2D eigenvalue weighted by Crippen LogP contribution is 2.22. The van der Waals surface area contributed by atoms with Crippen LogP contribution in [0.5, 0.6) is 0 Å². The molecule has 96 valence electrons. The van der Waals surface area contributed by atoms with Crippen LogP contribution in [0, 0.1) is 0 Å². The van der Waals surface area contributed by atoms with Crippen molar-refractivity contribution in [2.45, 2.75) is 26.9 Å². The predicted molar refractivity (Wildman–Crippen MR) is 74.9 cm³/mol. The van der Waals surface area contributed by atoms with Crippen molar-refractivity contribution in [1.29, 1.82) is 0 Å². The number of nitrogens with one attached hydrogen (secondary N) is 1. The van der Waals surface area contributed by atoms with Gasteiger partial charge in [0.1, 0.15) is 5.69 Å². The number of hydrogen-bond donors (Lipinski definition) is 1. The molecule has 2 heterocycles. The molecule has 0 aliphatic rings. The maximum absolute atomic E-state index is 12.1. The summed E-state index contributed by atoms with van der Waals surface area (Å²) in [5.74, 6) is 0. The van der Waals surface area contributed by atoms with Gasteiger partial charge < -0.3 is 5.32 Å². The second-order valence-corrected chi connectivity index (χ2v) is 4.88. The lowest BCUT2D eigenvalue weighted by molar-refractivity contribution is 0.601. The Balaban J connectivity index is 2.46. The molecule has 0 spiro atoms. The third-order valence-electron chi connectivity index (χ3n) is 2.69. The maximum atomic E-state index is 12.1. The molecule has 0 saturated heterocycles. The minimum Gasteiger partial charge on any atom is -0.313 e. The first-order valence-electron chi connectivity index (χ1n) is 6.11. The van der Waals surface area contributed by atoms with E-state index in [0.29, 0.717) is 13.1 Å². The van der Waals surface area contributed by atoms with Crippen LogP contribution in [0.2, 0.25) is 0 Å². The number of aromatic nitrogens is 2. The van der Waals surface area contributed by atoms with Gasteiger partial charge in [-0.15, -0.1) is 11.3 Å². The van der Waals surface area contributed by atoms with E-state index in [-0.39, 0.29) is 5.56 Å². The summed E-state index contributed by atoms with van der Waals surface area (Å²) in [6, 6.07) is 5.91. The quantitative estimate of drug-likeness (QED) is 0.898. The highest BCUT2D eigenvalue weighted by atomic mass is 32.1. The molecule has 2 aromatic rings. The number of rotatable bonds is 5. The zero-order chi connectivity index (χ0) is 13.0. The average Bonchev–Trinajstić information content (AvgIpc) is 2.91. The molecule has 1 N–H and O–H groups in total. The molecule has 0 bridgehead atoms. The smallest absolute Gasteiger partial charge is 0.271 e. The monoisotopic (exact) mass is 263 g/mol. The molecule has 0 saturated carbocycles. The molecular weight excluding hydrogens is 246 g/mol. The minimum absolute atomic E-state index is 0.00115. The lowest BCUT2D eigenvalue weighted by Crippen LogP contribution is -2.29. The van der Waals surface area contributed by atoms with Crippen molar-refractivity contribution in [2.75, 3.05) is 6.54 Å². The number of nitrogens with zero attached hydrogens (tertiary/aromatic N) is 2. The molecule has 2 aromatic heterocycles. The van der Waals surface area contributed by atoms with E-state index in [1.165, 1.54) is 4.68 Å². The summed E-state index contributed by atoms with van der Waals surface area (Å²) in [4.78, 5) is 13.2. The minimum atomic E-state index is -0.00115. The Hall–Kier alpha value is -1.46. The van der Waals surface area contributed by atoms with Crippen LogP contribution in [0.4, 0.5) is 0 Å². The van der Waals surface area contributed by atoms with Gasteiger partial charge in [-0.25, -0.2) is 4.68 Å². The van der Waals surface area contributed by atoms with Gasteiger partial charge in [0.05, 0.1) is 4.88 Å². The lowest BCUT2D eigenvalue weighted by Gasteiger charge is -2.08. The second-order valence-electron chi connectivity index (χ2n) is 3.93. The highest BCUT2D eigenvalue weighted by Gasteiger charge is 2.09. The fraction of sp³-hybridized carbons (Fsp3) is 0.385. The fourth-order valence-corrected chi connectivity index (χ4v) is 2.42. The van der Waals surface area contributed by atoms with Crippen molar-refractivity contribution in [1.82, 2.24) is 15.1 Å². The van der Waals surface area contributed by atoms with E-state index in [2.05, 4.69) is 10.4 Å². The van der Waals surface area contributed by atoms with E-state index in [0.717, 1.165) is 22.7 Å². The van der Waals surface area contributed by atoms with Crippen molar-refractivity contribution in [3.8, 4) is 10.6 Å². The number of aryl methyl sites for hydroxylation is 1. The van der Waals surface area contributed by atoms with Gasteiger partial charge in [-0.3, -0.25) is 4.79 Å². The van der Waals surface area contributed by atoms with Crippen LogP contribution < -0.4 is 10.9 Å². The summed E-state index contributed by atoms with van der Waals surface area (Å²) in [5, 5.41) is 9.60. The van der Waals surface area contributed by atoms with Crippen molar-refractivity contribution in [2.24, 2.45) is 0 Å². The van der Waals surface area contributed by atoms with Crippen LogP contribution in [0.3, 0.4) is 0 Å². The number of hydrogen-bond acceptors (Lipinski definition) is 4. The van der Waals surface area contributed by atoms with Crippen LogP contribution in [-0.2, 0) is 13.1 Å². The van der Waals surface area contributed by atoms with Gasteiger partial charge in [0.25, 0.3) is 5.56 Å². The van der Waals surface area contributed by atoms with Gasteiger partial charge in [0.15, 0.2) is 0 Å². The van der Waals surface area contributed by atoms with Gasteiger partial charge in [-0.2, -0.15) is 5.10 Å². The van der Waals surface area contributed by atoms with Gasteiger partial charge >= 0.3 is 0 Å². The van der Waals surface area contributed by atoms with E-state index in [4.69, 9.17) is 0 Å². The number of thiophene rings is 1. The van der Waals surface area contributed by atoms with Crippen LogP contribution in [0.1, 0.15) is 19.4 Å². The Labute approximate surface area is 110 Å². The molecule has 0 amide bonds. The molecule has 4 nitrogen and oxygen atoms in total. The SMILES string of the molecule is CCNCc1cc(-c2cccs2)nn(CC)c1=O. The van der Waals surface area contributed by atoms with Crippen LogP contribution in [0.25, 0.3) is 10.6 Å². The largest absolute Gasteiger partial charge is 0.313 e. The van der Waals surface area contributed by atoms with Crippen molar-refractivity contribution in [3.05, 3.63) is 39.5 Å². The summed E-state index contributed by atoms with van der Waals surface area (Å²) < 4.78 is 1.53. The van der Waals surface area contributed by atoms with Crippen molar-refractivity contribution >= 4 is 11.3 Å². The first kappa shape index (κ1) is 13.0. The van der Waals surface area contributed by atoms with Gasteiger partial charge in [0, 0.05) is 18.7 Å². The average molecular weight is 263 g/mol. The van der Waals surface area contributed by atoms with E-state index in [9.17, 15) is 4.79 Å². The topological polar surface area (TPSA) is 46.9 Å². The van der Waals surface area contributed by atoms with Crippen molar-refractivity contribution < 1.29 is 0 Å². The molecule has 5 heteroatoms. The molecule has 0 aliphatic heterocycles. The zero-order valence-corrected chi connectivity index (χ0v) is 11.5. The second kappa shape index (κ2) is 5.93. The molecule has 0 aliphatic carbocycles. The molecule has 0 unspecified atom stereocenters. The van der Waals surface area contributed by atoms with E-state index in [1.807, 2.05) is 37.4 Å². The predicted octanol–water partition coefficient (Wildman–Crippen LogP) is 2.10. The van der Waals surface area contributed by atoms with Crippen LogP contribution in [-0.4, -0.2) is 16.3 Å². The fourth-order valence-electron chi connectivity index (χ4n) is 1.74. The Morgan fingerprint density at radius 1 is 1.44 bits per heavy atom. The third-order valence-corrected chi connectivity index (χ3v) is 3.58. The van der Waals surface area contributed by atoms with Gasteiger partial charge in [-0.05, 0) is 31.0 Å². The van der Waals surface area contributed by atoms with Crippen LogP contribution >= 0.6 is 11.3 Å². The molecule has 2 rings (SSSR count). The Morgan fingerprint density at radius 3 is 2.89 bits per heavy atom. The summed E-state index contributed by atoms with van der Waals surface area (Å²) >= 11 is 1.64. The summed E-state index contributed by atoms with van der Waals surface area (Å²) in [5.41, 5.74) is 1.65. The summed E-state index contributed by atoms with van der Waals surface area (Å²) in [7, 11) is 0. The molecular formula is C13H17N3OS. The van der Waals surface area contributed by atoms with E-state index >= 15 is 0 Å². The molecule has 0 atom stereocenters. The lowest BCUT2D eigenvalue weighted by atomic mass is 10.2. The summed E-state index contributed by atoms with van der Waals surface area (Å²) in [6.07, 6.45) is 0. The van der Waals surface area contributed by atoms with E-state index < -0.39 is 0 Å². The molecule has 0 fully saturated rings. The first-order chi connectivity index (χ1) is 8.76. The van der Waals surface area contributed by atoms with E-state index in [1.54, 1.807) is 11.3 Å². The Kier molecular flexibility index (Phi) is 4.28. The van der Waals surface area contributed by atoms with Gasteiger partial charge in [0.2, 0.25) is 0 Å². The molecule has 0 aromatic carbocycles. The van der Waals surface area contributed by atoms with Crippen LogP contribution in [0.15, 0.2) is 28.4 Å². The highest BCUT2D eigenvalue weighted by molar-refractivity contribution is 7.13. The third kappa shape index (κ3) is 2.68. The first-order valence-corrected chi connectivity index (χ1v) is 6.99. The summed E-state index contributed by atoms with van der Waals surface area (Å²) in [6.45, 7) is 6.00. The normalized spacial score (nSPS) is 10.8. The molecule has 18 heavy (non-hydrogen) atoms. The standard InChI is InChI=1S/C13H17N3OS/c1-3-14-9-10-8-11(12-6-5-7-18-12)15-16(4-2)13(10)17/h5-8,14H,3-4,9H2,1-2H3. The maximum Gasteiger partial charge on any atom is 0.271 e. The Bertz CT molecular complexity index is 560. The molecule has 0 radical (unpaired) electrons. The van der Waals surface area contributed by atoms with Gasteiger partial charge in [-0.1, -0.05) is 13.0 Å². The Morgan fingerprint density at radius 2 is 2.28 bits per heavy atom. The zero-order valence-electron chi connectivity index (χ0n) is 10.6.